The zero-order valence-corrected chi connectivity index (χ0v) is 10.6. The lowest BCUT2D eigenvalue weighted by Gasteiger charge is -2.33. The predicted octanol–water partition coefficient (Wildman–Crippen LogP) is 2.25. The van der Waals surface area contributed by atoms with Gasteiger partial charge in [-0.15, -0.1) is 0 Å². The normalized spacial score (nSPS) is 25.7. The molecule has 0 radical (unpaired) electrons. The van der Waals surface area contributed by atoms with Crippen molar-refractivity contribution in [3.05, 3.63) is 34.1 Å². The molecule has 0 spiro atoms. The van der Waals surface area contributed by atoms with Gasteiger partial charge in [-0.05, 0) is 46.9 Å². The number of piperidine rings is 1. The van der Waals surface area contributed by atoms with Crippen molar-refractivity contribution < 1.29 is 9.50 Å². The summed E-state index contributed by atoms with van der Waals surface area (Å²) in [5.74, 6) is -0.273. The highest BCUT2D eigenvalue weighted by Crippen LogP contribution is 2.27. The van der Waals surface area contributed by atoms with Crippen LogP contribution in [0.15, 0.2) is 22.7 Å². The van der Waals surface area contributed by atoms with E-state index < -0.39 is 5.60 Å². The van der Waals surface area contributed by atoms with Gasteiger partial charge in [0.05, 0.1) is 10.1 Å². The smallest absolute Gasteiger partial charge is 0.137 e. The molecule has 88 valence electrons. The Morgan fingerprint density at radius 3 is 3.00 bits per heavy atom. The minimum atomic E-state index is -0.742. The van der Waals surface area contributed by atoms with Gasteiger partial charge in [0.15, 0.2) is 0 Å². The monoisotopic (exact) mass is 287 g/mol. The molecule has 1 aromatic rings. The second-order valence-electron chi connectivity index (χ2n) is 4.39. The molecule has 2 rings (SSSR count). The summed E-state index contributed by atoms with van der Waals surface area (Å²) >= 11 is 3.22. The average Bonchev–Trinajstić information content (AvgIpc) is 2.26. The van der Waals surface area contributed by atoms with E-state index >= 15 is 0 Å². The summed E-state index contributed by atoms with van der Waals surface area (Å²) < 4.78 is 13.8. The van der Waals surface area contributed by atoms with Crippen LogP contribution in [-0.4, -0.2) is 23.8 Å². The molecule has 1 unspecified atom stereocenters. The van der Waals surface area contributed by atoms with Gasteiger partial charge < -0.3 is 10.4 Å². The first-order chi connectivity index (χ1) is 7.61. The Hall–Kier alpha value is -0.450. The maximum absolute atomic E-state index is 13.3. The predicted molar refractivity (Wildman–Crippen MR) is 64.9 cm³/mol. The van der Waals surface area contributed by atoms with Crippen molar-refractivity contribution in [1.29, 1.82) is 0 Å². The van der Waals surface area contributed by atoms with Crippen molar-refractivity contribution in [3.8, 4) is 0 Å². The third kappa shape index (κ3) is 2.62. The molecular formula is C12H15BrFNO. The molecule has 1 saturated heterocycles. The fraction of sp³-hybridized carbons (Fsp3) is 0.500. The van der Waals surface area contributed by atoms with Gasteiger partial charge >= 0.3 is 0 Å². The maximum atomic E-state index is 13.3. The van der Waals surface area contributed by atoms with Crippen molar-refractivity contribution in [1.82, 2.24) is 5.32 Å². The molecule has 1 fully saturated rings. The second-order valence-corrected chi connectivity index (χ2v) is 5.19. The summed E-state index contributed by atoms with van der Waals surface area (Å²) in [5.41, 5.74) is 0.0837. The lowest BCUT2D eigenvalue weighted by molar-refractivity contribution is 0.0167. The van der Waals surface area contributed by atoms with Crippen LogP contribution in [0.2, 0.25) is 0 Å². The van der Waals surface area contributed by atoms with E-state index in [4.69, 9.17) is 0 Å². The number of aliphatic hydroxyl groups is 1. The minimum absolute atomic E-state index is 0.273. The highest BCUT2D eigenvalue weighted by atomic mass is 79.9. The molecule has 1 atom stereocenters. The highest BCUT2D eigenvalue weighted by molar-refractivity contribution is 9.10. The van der Waals surface area contributed by atoms with Gasteiger partial charge in [-0.25, -0.2) is 4.39 Å². The lowest BCUT2D eigenvalue weighted by Crippen LogP contribution is -2.47. The molecule has 2 nitrogen and oxygen atoms in total. The fourth-order valence-corrected chi connectivity index (χ4v) is 2.55. The van der Waals surface area contributed by atoms with Gasteiger partial charge in [-0.2, -0.15) is 0 Å². The third-order valence-corrected chi connectivity index (χ3v) is 3.89. The quantitative estimate of drug-likeness (QED) is 0.875. The Labute approximate surface area is 103 Å². The molecule has 1 aliphatic rings. The summed E-state index contributed by atoms with van der Waals surface area (Å²) in [6.45, 7) is 1.53. The summed E-state index contributed by atoms with van der Waals surface area (Å²) in [4.78, 5) is 0. The van der Waals surface area contributed by atoms with Gasteiger partial charge in [0.25, 0.3) is 0 Å². The molecule has 0 aliphatic carbocycles. The topological polar surface area (TPSA) is 32.3 Å². The number of hydrogen-bond acceptors (Lipinski definition) is 2. The van der Waals surface area contributed by atoms with E-state index in [9.17, 15) is 9.50 Å². The first-order valence-corrected chi connectivity index (χ1v) is 6.26. The molecule has 2 N–H and O–H groups in total. The van der Waals surface area contributed by atoms with Crippen LogP contribution in [-0.2, 0) is 6.42 Å². The average molecular weight is 288 g/mol. The summed E-state index contributed by atoms with van der Waals surface area (Å²) in [7, 11) is 0. The molecule has 1 aliphatic heterocycles. The summed E-state index contributed by atoms with van der Waals surface area (Å²) in [6.07, 6.45) is 2.21. The van der Waals surface area contributed by atoms with Gasteiger partial charge in [0.2, 0.25) is 0 Å². The number of nitrogens with one attached hydrogen (secondary N) is 1. The van der Waals surface area contributed by atoms with Crippen molar-refractivity contribution in [2.75, 3.05) is 13.1 Å². The molecule has 1 aromatic carbocycles. The number of β-amino-alcohol motifs (C(OH)–C–C–N with tert-alkyl or cyclic N) is 1. The Kier molecular flexibility index (Phi) is 3.62. The first-order valence-electron chi connectivity index (χ1n) is 5.47. The van der Waals surface area contributed by atoms with Gasteiger partial charge in [0, 0.05) is 13.0 Å². The molecular weight excluding hydrogens is 273 g/mol. The van der Waals surface area contributed by atoms with E-state index in [-0.39, 0.29) is 5.82 Å². The number of hydrogen-bond donors (Lipinski definition) is 2. The largest absolute Gasteiger partial charge is 0.388 e. The van der Waals surface area contributed by atoms with Crippen molar-refractivity contribution in [2.24, 2.45) is 0 Å². The number of benzene rings is 1. The zero-order chi connectivity index (χ0) is 11.6. The van der Waals surface area contributed by atoms with Crippen LogP contribution >= 0.6 is 15.9 Å². The van der Waals surface area contributed by atoms with Crippen LogP contribution in [0.4, 0.5) is 4.39 Å². The van der Waals surface area contributed by atoms with E-state index in [1.807, 2.05) is 6.07 Å². The number of rotatable bonds is 2. The summed E-state index contributed by atoms with van der Waals surface area (Å²) in [5, 5.41) is 13.5. The lowest BCUT2D eigenvalue weighted by atomic mass is 9.87. The second kappa shape index (κ2) is 4.82. The minimum Gasteiger partial charge on any atom is -0.388 e. The summed E-state index contributed by atoms with van der Waals surface area (Å²) in [6, 6.07) is 4.94. The SMILES string of the molecule is OC1(Cc2cccc(F)c2Br)CCCNC1. The Morgan fingerprint density at radius 1 is 1.50 bits per heavy atom. The van der Waals surface area contributed by atoms with Crippen molar-refractivity contribution in [2.45, 2.75) is 24.9 Å². The van der Waals surface area contributed by atoms with Crippen LogP contribution in [0.25, 0.3) is 0 Å². The third-order valence-electron chi connectivity index (χ3n) is 3.00. The molecule has 0 amide bonds. The Balaban J connectivity index is 2.16. The standard InChI is InChI=1S/C12H15BrFNO/c13-11-9(3-1-4-10(11)14)7-12(16)5-2-6-15-8-12/h1,3-4,15-16H,2,5-8H2. The van der Waals surface area contributed by atoms with Crippen LogP contribution in [0, 0.1) is 5.82 Å². The molecule has 4 heteroatoms. The van der Waals surface area contributed by atoms with E-state index in [1.165, 1.54) is 6.07 Å². The van der Waals surface area contributed by atoms with Crippen LogP contribution < -0.4 is 5.32 Å². The molecule has 0 bridgehead atoms. The van der Waals surface area contributed by atoms with Crippen molar-refractivity contribution >= 4 is 15.9 Å². The fourth-order valence-electron chi connectivity index (χ4n) is 2.14. The van der Waals surface area contributed by atoms with Gasteiger partial charge in [-0.1, -0.05) is 12.1 Å². The maximum Gasteiger partial charge on any atom is 0.137 e. The first kappa shape index (κ1) is 12.0. The van der Waals surface area contributed by atoms with Crippen LogP contribution in [0.3, 0.4) is 0 Å². The van der Waals surface area contributed by atoms with Crippen LogP contribution in [0.5, 0.6) is 0 Å². The Morgan fingerprint density at radius 2 is 2.31 bits per heavy atom. The van der Waals surface area contributed by atoms with E-state index in [0.717, 1.165) is 24.9 Å². The van der Waals surface area contributed by atoms with Crippen LogP contribution in [0.1, 0.15) is 18.4 Å². The molecule has 16 heavy (non-hydrogen) atoms. The molecule has 0 saturated carbocycles. The van der Waals surface area contributed by atoms with E-state index in [2.05, 4.69) is 21.2 Å². The molecule has 0 aromatic heterocycles. The van der Waals surface area contributed by atoms with Gasteiger partial charge in [0.1, 0.15) is 5.82 Å². The number of halogens is 2. The van der Waals surface area contributed by atoms with E-state index in [0.29, 0.717) is 17.4 Å². The Bertz CT molecular complexity index is 377. The van der Waals surface area contributed by atoms with Crippen molar-refractivity contribution in [3.63, 3.8) is 0 Å². The zero-order valence-electron chi connectivity index (χ0n) is 8.97. The highest BCUT2D eigenvalue weighted by Gasteiger charge is 2.30. The van der Waals surface area contributed by atoms with E-state index in [1.54, 1.807) is 6.07 Å². The molecule has 1 heterocycles. The van der Waals surface area contributed by atoms with Gasteiger partial charge in [-0.3, -0.25) is 0 Å².